The number of thioether (sulfide) groups is 1. The van der Waals surface area contributed by atoms with Gasteiger partial charge in [0, 0.05) is 5.69 Å². The average molecular weight is 422 g/mol. The van der Waals surface area contributed by atoms with Crippen molar-refractivity contribution >= 4 is 45.5 Å². The van der Waals surface area contributed by atoms with Crippen molar-refractivity contribution in [3.8, 4) is 5.75 Å². The van der Waals surface area contributed by atoms with Gasteiger partial charge in [0.15, 0.2) is 4.34 Å². The van der Waals surface area contributed by atoms with Crippen molar-refractivity contribution in [2.24, 2.45) is 0 Å². The summed E-state index contributed by atoms with van der Waals surface area (Å²) in [6.45, 7) is -0.969. The lowest BCUT2D eigenvalue weighted by molar-refractivity contribution is -0.113. The van der Waals surface area contributed by atoms with E-state index in [0.717, 1.165) is 11.3 Å². The maximum atomic E-state index is 12.4. The maximum absolute atomic E-state index is 12.4. The summed E-state index contributed by atoms with van der Waals surface area (Å²) in [5.41, 5.74) is 2.21. The highest BCUT2D eigenvalue weighted by Crippen LogP contribution is 2.29. The van der Waals surface area contributed by atoms with Gasteiger partial charge in [-0.1, -0.05) is 47.4 Å². The van der Waals surface area contributed by atoms with Crippen LogP contribution in [-0.4, -0.2) is 28.5 Å². The summed E-state index contributed by atoms with van der Waals surface area (Å²) in [6.07, 6.45) is 0. The molecule has 0 aliphatic heterocycles. The molecule has 1 amide bonds. The molecule has 1 aromatic heterocycles. The Morgan fingerprint density at radius 3 is 2.82 bits per heavy atom. The standard InChI is InChI=1S/C18H16F2N4O2S2/c1-11-5-4-6-12(9-11)21-17-23-24-18(28-17)27-10-15(25)22-13-7-2-3-8-14(13)26-16(19)20/h2-9,16H,10H2,1H3,(H,21,23)(H,22,25). The molecule has 3 aromatic rings. The Kier molecular flexibility index (Phi) is 6.77. The number of carbonyl (C=O) groups excluding carboxylic acids is 1. The molecule has 146 valence electrons. The number of aryl methyl sites for hydroxylation is 1. The van der Waals surface area contributed by atoms with E-state index in [1.54, 1.807) is 12.1 Å². The molecule has 0 bridgehead atoms. The Labute approximate surface area is 168 Å². The van der Waals surface area contributed by atoms with Crippen LogP contribution in [0.15, 0.2) is 52.9 Å². The lowest BCUT2D eigenvalue weighted by atomic mass is 10.2. The number of rotatable bonds is 8. The van der Waals surface area contributed by atoms with E-state index in [-0.39, 0.29) is 23.1 Å². The number of halogens is 2. The highest BCUT2D eigenvalue weighted by Gasteiger charge is 2.13. The molecule has 10 heteroatoms. The number of aromatic nitrogens is 2. The van der Waals surface area contributed by atoms with E-state index in [2.05, 4.69) is 25.6 Å². The molecule has 0 saturated carbocycles. The SMILES string of the molecule is Cc1cccc(Nc2nnc(SCC(=O)Nc3ccccc3OC(F)F)s2)c1. The number of hydrogen-bond acceptors (Lipinski definition) is 7. The molecule has 1 heterocycles. The summed E-state index contributed by atoms with van der Waals surface area (Å²) in [6, 6.07) is 13.9. The van der Waals surface area contributed by atoms with Gasteiger partial charge in [-0.15, -0.1) is 10.2 Å². The third kappa shape index (κ3) is 5.89. The largest absolute Gasteiger partial charge is 0.433 e. The number of nitrogens with zero attached hydrogens (tertiary/aromatic N) is 2. The van der Waals surface area contributed by atoms with E-state index in [1.807, 2.05) is 31.2 Å². The molecule has 0 unspecified atom stereocenters. The van der Waals surface area contributed by atoms with Crippen LogP contribution in [0.5, 0.6) is 5.75 Å². The number of benzene rings is 2. The Morgan fingerprint density at radius 1 is 1.21 bits per heavy atom. The smallest absolute Gasteiger partial charge is 0.387 e. The van der Waals surface area contributed by atoms with Gasteiger partial charge in [0.2, 0.25) is 11.0 Å². The van der Waals surface area contributed by atoms with Crippen LogP contribution in [0.3, 0.4) is 0 Å². The molecule has 3 rings (SSSR count). The van der Waals surface area contributed by atoms with Crippen molar-refractivity contribution in [3.63, 3.8) is 0 Å². The highest BCUT2D eigenvalue weighted by molar-refractivity contribution is 8.01. The van der Waals surface area contributed by atoms with E-state index in [1.165, 1.54) is 35.2 Å². The first-order valence-corrected chi connectivity index (χ1v) is 9.93. The third-order valence-corrected chi connectivity index (χ3v) is 5.35. The normalized spacial score (nSPS) is 10.7. The Bertz CT molecular complexity index is 953. The van der Waals surface area contributed by atoms with Crippen LogP contribution in [0.2, 0.25) is 0 Å². The summed E-state index contributed by atoms with van der Waals surface area (Å²) < 4.78 is 29.9. The number of nitrogens with one attached hydrogen (secondary N) is 2. The molecule has 0 aliphatic rings. The maximum Gasteiger partial charge on any atom is 0.387 e. The summed E-state index contributed by atoms with van der Waals surface area (Å²) >= 11 is 2.53. The van der Waals surface area contributed by atoms with Crippen molar-refractivity contribution in [3.05, 3.63) is 54.1 Å². The molecule has 2 N–H and O–H groups in total. The van der Waals surface area contributed by atoms with Gasteiger partial charge in [-0.25, -0.2) is 0 Å². The molecule has 0 saturated heterocycles. The van der Waals surface area contributed by atoms with Gasteiger partial charge in [0.25, 0.3) is 0 Å². The summed E-state index contributed by atoms with van der Waals surface area (Å²) in [4.78, 5) is 12.1. The molecule has 0 fully saturated rings. The molecule has 28 heavy (non-hydrogen) atoms. The van der Waals surface area contributed by atoms with E-state index in [0.29, 0.717) is 9.47 Å². The zero-order valence-corrected chi connectivity index (χ0v) is 16.3. The molecule has 0 atom stereocenters. The van der Waals surface area contributed by atoms with Gasteiger partial charge in [0.1, 0.15) is 5.75 Å². The molecular weight excluding hydrogens is 406 g/mol. The predicted molar refractivity (Wildman–Crippen MR) is 107 cm³/mol. The number of ether oxygens (including phenoxy) is 1. The molecule has 2 aromatic carbocycles. The number of hydrogen-bond donors (Lipinski definition) is 2. The minimum Gasteiger partial charge on any atom is -0.433 e. The molecular formula is C18H16F2N4O2S2. The second-order valence-electron chi connectivity index (χ2n) is 5.58. The van der Waals surface area contributed by atoms with Crippen molar-refractivity contribution in [1.29, 1.82) is 0 Å². The topological polar surface area (TPSA) is 76.1 Å². The Balaban J connectivity index is 1.54. The summed E-state index contributed by atoms with van der Waals surface area (Å²) in [7, 11) is 0. The van der Waals surface area contributed by atoms with Crippen molar-refractivity contribution in [2.75, 3.05) is 16.4 Å². The summed E-state index contributed by atoms with van der Waals surface area (Å²) in [5.74, 6) is -0.391. The van der Waals surface area contributed by atoms with Crippen molar-refractivity contribution in [2.45, 2.75) is 17.9 Å². The number of alkyl halides is 2. The van der Waals surface area contributed by atoms with Gasteiger partial charge in [0.05, 0.1) is 11.4 Å². The fourth-order valence-corrected chi connectivity index (χ4v) is 3.82. The van der Waals surface area contributed by atoms with Crippen LogP contribution in [0.1, 0.15) is 5.56 Å². The first-order valence-electron chi connectivity index (χ1n) is 8.13. The van der Waals surface area contributed by atoms with E-state index in [9.17, 15) is 13.6 Å². The third-order valence-electron chi connectivity index (χ3n) is 3.38. The summed E-state index contributed by atoms with van der Waals surface area (Å²) in [5, 5.41) is 14.4. The molecule has 0 spiro atoms. The Hall–Kier alpha value is -2.72. The number of carbonyl (C=O) groups is 1. The van der Waals surface area contributed by atoms with Gasteiger partial charge >= 0.3 is 6.61 Å². The number of anilines is 3. The monoisotopic (exact) mass is 422 g/mol. The van der Waals surface area contributed by atoms with Crippen LogP contribution < -0.4 is 15.4 Å². The molecule has 0 aliphatic carbocycles. The second-order valence-corrected chi connectivity index (χ2v) is 7.78. The van der Waals surface area contributed by atoms with E-state index < -0.39 is 6.61 Å². The Morgan fingerprint density at radius 2 is 2.04 bits per heavy atom. The van der Waals surface area contributed by atoms with Crippen molar-refractivity contribution in [1.82, 2.24) is 10.2 Å². The van der Waals surface area contributed by atoms with E-state index in [4.69, 9.17) is 0 Å². The van der Waals surface area contributed by atoms with Crippen molar-refractivity contribution < 1.29 is 18.3 Å². The van der Waals surface area contributed by atoms with Gasteiger partial charge in [-0.2, -0.15) is 8.78 Å². The minimum atomic E-state index is -2.96. The highest BCUT2D eigenvalue weighted by atomic mass is 32.2. The molecule has 0 radical (unpaired) electrons. The zero-order valence-electron chi connectivity index (χ0n) is 14.7. The van der Waals surface area contributed by atoms with Crippen LogP contribution in [-0.2, 0) is 4.79 Å². The molecule has 6 nitrogen and oxygen atoms in total. The fourth-order valence-electron chi connectivity index (χ4n) is 2.25. The first kappa shape index (κ1) is 20.0. The number of para-hydroxylation sites is 2. The van der Waals surface area contributed by atoms with Crippen LogP contribution in [0.4, 0.5) is 25.3 Å². The van der Waals surface area contributed by atoms with Gasteiger partial charge in [-0.05, 0) is 36.8 Å². The predicted octanol–water partition coefficient (Wildman–Crippen LogP) is 4.92. The second kappa shape index (κ2) is 9.47. The number of amides is 1. The van der Waals surface area contributed by atoms with Crippen LogP contribution >= 0.6 is 23.1 Å². The average Bonchev–Trinajstić information content (AvgIpc) is 3.09. The first-order chi connectivity index (χ1) is 13.5. The lowest BCUT2D eigenvalue weighted by Gasteiger charge is -2.11. The van der Waals surface area contributed by atoms with Crippen LogP contribution in [0.25, 0.3) is 0 Å². The minimum absolute atomic E-state index is 0.0576. The van der Waals surface area contributed by atoms with Gasteiger partial charge in [-0.3, -0.25) is 4.79 Å². The zero-order chi connectivity index (χ0) is 19.9. The quantitative estimate of drug-likeness (QED) is 0.502. The van der Waals surface area contributed by atoms with Gasteiger partial charge < -0.3 is 15.4 Å². The van der Waals surface area contributed by atoms with Crippen LogP contribution in [0, 0.1) is 6.92 Å². The lowest BCUT2D eigenvalue weighted by Crippen LogP contribution is -2.15. The fraction of sp³-hybridized carbons (Fsp3) is 0.167. The van der Waals surface area contributed by atoms with E-state index >= 15 is 0 Å².